The highest BCUT2D eigenvalue weighted by atomic mass is 79.9. The summed E-state index contributed by atoms with van der Waals surface area (Å²) in [6, 6.07) is 0. The lowest BCUT2D eigenvalue weighted by atomic mass is 9.43. The largest absolute Gasteiger partial charge is 0.393 e. The molecule has 0 aromatic carbocycles. The van der Waals surface area contributed by atoms with E-state index in [-0.39, 0.29) is 28.4 Å². The molecule has 1 unspecified atom stereocenters. The van der Waals surface area contributed by atoms with E-state index in [0.29, 0.717) is 17.3 Å². The molecule has 0 spiro atoms. The lowest BCUT2D eigenvalue weighted by molar-refractivity contribution is -0.167. The second-order valence-corrected chi connectivity index (χ2v) is 13.9. The molecule has 4 aliphatic carbocycles. The number of halogens is 1. The van der Waals surface area contributed by atoms with Crippen molar-refractivity contribution < 1.29 is 10.2 Å². The zero-order valence-corrected chi connectivity index (χ0v) is 21.7. The van der Waals surface area contributed by atoms with Gasteiger partial charge in [0.15, 0.2) is 0 Å². The van der Waals surface area contributed by atoms with Gasteiger partial charge in [-0.25, -0.2) is 0 Å². The summed E-state index contributed by atoms with van der Waals surface area (Å²) in [6.45, 7) is 12.3. The lowest BCUT2D eigenvalue weighted by Crippen LogP contribution is -2.62. The minimum atomic E-state index is -0.309. The predicted octanol–water partition coefficient (Wildman–Crippen LogP) is 6.81. The van der Waals surface area contributed by atoms with Gasteiger partial charge in [0.1, 0.15) is 0 Å². The molecule has 4 rings (SSSR count). The molecule has 11 atom stereocenters. The van der Waals surface area contributed by atoms with Crippen LogP contribution in [0, 0.1) is 52.3 Å². The highest BCUT2D eigenvalue weighted by molar-refractivity contribution is 9.09. The lowest BCUT2D eigenvalue weighted by Gasteiger charge is -2.64. The van der Waals surface area contributed by atoms with Gasteiger partial charge in [-0.1, -0.05) is 69.8 Å². The van der Waals surface area contributed by atoms with E-state index in [1.807, 2.05) is 0 Å². The molecule has 0 heterocycles. The summed E-state index contributed by atoms with van der Waals surface area (Å²) < 4.78 is 0. The van der Waals surface area contributed by atoms with Crippen LogP contribution < -0.4 is 0 Å². The Balaban J connectivity index is 1.54. The molecule has 0 amide bonds. The van der Waals surface area contributed by atoms with Crippen molar-refractivity contribution >= 4 is 15.9 Å². The Morgan fingerprint density at radius 2 is 1.53 bits per heavy atom. The second-order valence-electron chi connectivity index (χ2n) is 12.8. The zero-order valence-electron chi connectivity index (χ0n) is 20.1. The molecule has 4 saturated carbocycles. The molecule has 4 aliphatic rings. The van der Waals surface area contributed by atoms with E-state index in [0.717, 1.165) is 42.9 Å². The average Bonchev–Trinajstić information content (AvgIpc) is 3.04. The summed E-state index contributed by atoms with van der Waals surface area (Å²) in [7, 11) is 0. The quantitative estimate of drug-likeness (QED) is 0.422. The first kappa shape index (κ1) is 23.6. The first-order chi connectivity index (χ1) is 14.1. The van der Waals surface area contributed by atoms with E-state index in [1.165, 1.54) is 44.9 Å². The number of aliphatic hydroxyl groups excluding tert-OH is 2. The number of hydrogen-bond acceptors (Lipinski definition) is 2. The summed E-state index contributed by atoms with van der Waals surface area (Å²) in [6.07, 6.45) is 11.9. The molecule has 0 aromatic heterocycles. The van der Waals surface area contributed by atoms with Gasteiger partial charge < -0.3 is 10.2 Å². The summed E-state index contributed by atoms with van der Waals surface area (Å²) in [5.74, 6) is 4.80. The third kappa shape index (κ3) is 3.75. The minimum Gasteiger partial charge on any atom is -0.393 e. The van der Waals surface area contributed by atoms with Gasteiger partial charge in [0.25, 0.3) is 0 Å². The van der Waals surface area contributed by atoms with Crippen LogP contribution in [0.2, 0.25) is 0 Å². The van der Waals surface area contributed by atoms with Gasteiger partial charge in [-0.05, 0) is 97.2 Å². The van der Waals surface area contributed by atoms with Gasteiger partial charge in [-0.3, -0.25) is 0 Å². The van der Waals surface area contributed by atoms with Gasteiger partial charge in [0.05, 0.1) is 12.2 Å². The van der Waals surface area contributed by atoms with Gasteiger partial charge >= 0.3 is 0 Å². The van der Waals surface area contributed by atoms with E-state index >= 15 is 0 Å². The van der Waals surface area contributed by atoms with Crippen molar-refractivity contribution in [2.75, 3.05) is 0 Å². The molecule has 174 valence electrons. The predicted molar refractivity (Wildman–Crippen MR) is 129 cm³/mol. The topological polar surface area (TPSA) is 40.5 Å². The molecule has 0 bridgehead atoms. The smallest absolute Gasteiger partial charge is 0.0702 e. The maximum Gasteiger partial charge on any atom is 0.0702 e. The molecule has 0 saturated heterocycles. The fraction of sp³-hybridized carbons (Fsp3) is 1.00. The van der Waals surface area contributed by atoms with Crippen LogP contribution in [-0.2, 0) is 0 Å². The van der Waals surface area contributed by atoms with Gasteiger partial charge in [-0.15, -0.1) is 0 Å². The van der Waals surface area contributed by atoms with Crippen molar-refractivity contribution in [1.82, 2.24) is 0 Å². The molecule has 30 heavy (non-hydrogen) atoms. The fourth-order valence-electron chi connectivity index (χ4n) is 9.22. The summed E-state index contributed by atoms with van der Waals surface area (Å²) in [4.78, 5) is 0.200. The van der Waals surface area contributed by atoms with Crippen LogP contribution in [0.4, 0.5) is 0 Å². The van der Waals surface area contributed by atoms with Crippen molar-refractivity contribution in [2.24, 2.45) is 52.3 Å². The highest BCUT2D eigenvalue weighted by Crippen LogP contribution is 2.69. The standard InChI is InChI=1S/C27H47BrO2/c1-16(2)7-6-8-17(3)19-9-10-20-23-21(12-14-26(19,20)4)27(5)13-11-18(29)15-22(27)25(30)24(23)28/h16-25,29-30H,6-15H2,1-5H3/t17-,18+,19-,20+,21+,22?,23+,24-,25+,26-,27-/m1/s1. The van der Waals surface area contributed by atoms with E-state index in [1.54, 1.807) is 0 Å². The number of fused-ring (bicyclic) bond motifs is 5. The molecule has 4 fully saturated rings. The number of hydrogen-bond donors (Lipinski definition) is 2. The summed E-state index contributed by atoms with van der Waals surface area (Å²) >= 11 is 4.05. The second kappa shape index (κ2) is 8.64. The Labute approximate surface area is 194 Å². The van der Waals surface area contributed by atoms with Crippen molar-refractivity contribution in [1.29, 1.82) is 0 Å². The van der Waals surface area contributed by atoms with Crippen LogP contribution in [0.25, 0.3) is 0 Å². The van der Waals surface area contributed by atoms with Gasteiger partial charge in [-0.2, -0.15) is 0 Å². The van der Waals surface area contributed by atoms with Crippen molar-refractivity contribution in [2.45, 2.75) is 116 Å². The Morgan fingerprint density at radius 3 is 2.23 bits per heavy atom. The minimum absolute atomic E-state index is 0.200. The highest BCUT2D eigenvalue weighted by Gasteiger charge is 2.64. The molecule has 0 aromatic rings. The molecule has 3 heteroatoms. The van der Waals surface area contributed by atoms with Crippen LogP contribution in [-0.4, -0.2) is 27.2 Å². The van der Waals surface area contributed by atoms with E-state index < -0.39 is 0 Å². The van der Waals surface area contributed by atoms with E-state index in [4.69, 9.17) is 0 Å². The first-order valence-electron chi connectivity index (χ1n) is 13.1. The number of rotatable bonds is 5. The normalized spacial score (nSPS) is 51.9. The average molecular weight is 484 g/mol. The monoisotopic (exact) mass is 482 g/mol. The van der Waals surface area contributed by atoms with E-state index in [9.17, 15) is 10.2 Å². The third-order valence-electron chi connectivity index (χ3n) is 10.9. The molecular weight excluding hydrogens is 436 g/mol. The first-order valence-corrected chi connectivity index (χ1v) is 14.0. The summed E-state index contributed by atoms with van der Waals surface area (Å²) in [5, 5.41) is 21.7. The maximum absolute atomic E-state index is 11.4. The molecule has 0 radical (unpaired) electrons. The van der Waals surface area contributed by atoms with Crippen LogP contribution in [0.15, 0.2) is 0 Å². The van der Waals surface area contributed by atoms with Gasteiger partial charge in [0, 0.05) is 4.83 Å². The zero-order chi connectivity index (χ0) is 21.8. The Morgan fingerprint density at radius 1 is 0.867 bits per heavy atom. The Bertz CT molecular complexity index is 608. The fourth-order valence-corrected chi connectivity index (χ4v) is 10.3. The van der Waals surface area contributed by atoms with E-state index in [2.05, 4.69) is 50.5 Å². The van der Waals surface area contributed by atoms with Crippen molar-refractivity contribution in [3.8, 4) is 0 Å². The maximum atomic E-state index is 11.4. The van der Waals surface area contributed by atoms with Crippen molar-refractivity contribution in [3.05, 3.63) is 0 Å². The van der Waals surface area contributed by atoms with Crippen LogP contribution in [0.1, 0.15) is 98.8 Å². The number of alkyl halides is 1. The SMILES string of the molecule is CC(C)CCC[C@@H](C)[C@H]1CC[C@H]2[C@@H]3[C@@H](Br)[C@@H](O)C4C[C@@H](O)CC[C@]4(C)[C@H]3CC[C@]12C. The van der Waals surface area contributed by atoms with Gasteiger partial charge in [0.2, 0.25) is 0 Å². The number of aliphatic hydroxyl groups is 2. The summed E-state index contributed by atoms with van der Waals surface area (Å²) in [5.41, 5.74) is 0.650. The van der Waals surface area contributed by atoms with Crippen LogP contribution >= 0.6 is 15.9 Å². The van der Waals surface area contributed by atoms with Crippen molar-refractivity contribution in [3.63, 3.8) is 0 Å². The molecule has 2 N–H and O–H groups in total. The van der Waals surface area contributed by atoms with Crippen LogP contribution in [0.5, 0.6) is 0 Å². The molecule has 0 aliphatic heterocycles. The van der Waals surface area contributed by atoms with Crippen LogP contribution in [0.3, 0.4) is 0 Å². The Kier molecular flexibility index (Phi) is 6.78. The molecule has 2 nitrogen and oxygen atoms in total. The third-order valence-corrected chi connectivity index (χ3v) is 12.0. The molecular formula is C27H47BrO2. The Hall–Kier alpha value is 0.400.